The SMILES string of the molecule is CCNCc1c(C)cc(C)nc1OC(C)COCC. The van der Waals surface area contributed by atoms with Crippen molar-refractivity contribution >= 4 is 0 Å². The molecular formula is C15H26N2O2. The predicted octanol–water partition coefficient (Wildman–Crippen LogP) is 2.61. The molecule has 0 bridgehead atoms. The molecule has 1 aromatic heterocycles. The molecule has 4 nitrogen and oxygen atoms in total. The van der Waals surface area contributed by atoms with Gasteiger partial charge >= 0.3 is 0 Å². The van der Waals surface area contributed by atoms with Crippen LogP contribution in [0.25, 0.3) is 0 Å². The van der Waals surface area contributed by atoms with Gasteiger partial charge in [-0.25, -0.2) is 4.98 Å². The topological polar surface area (TPSA) is 43.4 Å². The van der Waals surface area contributed by atoms with Crippen molar-refractivity contribution in [2.24, 2.45) is 0 Å². The van der Waals surface area contributed by atoms with Gasteiger partial charge in [-0.2, -0.15) is 0 Å². The maximum absolute atomic E-state index is 5.93. The minimum atomic E-state index is 0.00836. The summed E-state index contributed by atoms with van der Waals surface area (Å²) in [5.41, 5.74) is 3.33. The highest BCUT2D eigenvalue weighted by Gasteiger charge is 2.13. The van der Waals surface area contributed by atoms with Crippen LogP contribution in [0, 0.1) is 13.8 Å². The van der Waals surface area contributed by atoms with Crippen LogP contribution in [-0.4, -0.2) is 30.8 Å². The lowest BCUT2D eigenvalue weighted by atomic mass is 10.1. The summed E-state index contributed by atoms with van der Waals surface area (Å²) in [7, 11) is 0. The number of pyridine rings is 1. The van der Waals surface area contributed by atoms with E-state index in [4.69, 9.17) is 9.47 Å². The molecule has 1 aromatic rings. The third-order valence-electron chi connectivity index (χ3n) is 2.86. The van der Waals surface area contributed by atoms with Crippen molar-refractivity contribution in [2.75, 3.05) is 19.8 Å². The Morgan fingerprint density at radius 3 is 2.68 bits per heavy atom. The molecule has 0 fully saturated rings. The minimum Gasteiger partial charge on any atom is -0.472 e. The molecule has 0 spiro atoms. The van der Waals surface area contributed by atoms with Crippen LogP contribution in [0.1, 0.15) is 37.6 Å². The van der Waals surface area contributed by atoms with Crippen molar-refractivity contribution in [1.29, 1.82) is 0 Å². The lowest BCUT2D eigenvalue weighted by molar-refractivity contribution is 0.0626. The maximum atomic E-state index is 5.93. The highest BCUT2D eigenvalue weighted by Crippen LogP contribution is 2.22. The molecule has 0 amide bonds. The monoisotopic (exact) mass is 266 g/mol. The van der Waals surface area contributed by atoms with Gasteiger partial charge in [0.1, 0.15) is 6.10 Å². The van der Waals surface area contributed by atoms with E-state index in [1.807, 2.05) is 20.8 Å². The molecule has 1 unspecified atom stereocenters. The second kappa shape index (κ2) is 8.12. The highest BCUT2D eigenvalue weighted by atomic mass is 16.5. The van der Waals surface area contributed by atoms with Crippen LogP contribution in [0.5, 0.6) is 5.88 Å². The van der Waals surface area contributed by atoms with E-state index in [2.05, 4.69) is 30.2 Å². The maximum Gasteiger partial charge on any atom is 0.218 e. The standard InChI is InChI=1S/C15H26N2O2/c1-6-16-9-14-11(3)8-12(4)17-15(14)19-13(5)10-18-7-2/h8,13,16H,6-7,9-10H2,1-5H3. The van der Waals surface area contributed by atoms with Crippen molar-refractivity contribution in [1.82, 2.24) is 10.3 Å². The number of aryl methyl sites for hydroxylation is 2. The molecule has 1 rings (SSSR count). The zero-order valence-electron chi connectivity index (χ0n) is 12.7. The largest absolute Gasteiger partial charge is 0.472 e. The number of nitrogens with one attached hydrogen (secondary N) is 1. The summed E-state index contributed by atoms with van der Waals surface area (Å²) in [5, 5.41) is 3.33. The Hall–Kier alpha value is -1.13. The van der Waals surface area contributed by atoms with Gasteiger partial charge in [-0.1, -0.05) is 6.92 Å². The molecule has 4 heteroatoms. The zero-order valence-corrected chi connectivity index (χ0v) is 12.7. The second-order valence-corrected chi connectivity index (χ2v) is 4.73. The normalized spacial score (nSPS) is 12.5. The quantitative estimate of drug-likeness (QED) is 0.785. The molecule has 0 saturated carbocycles. The van der Waals surface area contributed by atoms with Gasteiger partial charge < -0.3 is 14.8 Å². The summed E-state index contributed by atoms with van der Waals surface area (Å²) in [5.74, 6) is 0.727. The van der Waals surface area contributed by atoms with Gasteiger partial charge in [0.25, 0.3) is 0 Å². The van der Waals surface area contributed by atoms with Gasteiger partial charge in [0.05, 0.1) is 6.61 Å². The Balaban J connectivity index is 2.84. The fourth-order valence-electron chi connectivity index (χ4n) is 1.90. The van der Waals surface area contributed by atoms with Crippen molar-refractivity contribution in [3.63, 3.8) is 0 Å². The number of nitrogens with zero attached hydrogens (tertiary/aromatic N) is 1. The van der Waals surface area contributed by atoms with Gasteiger partial charge in [0.15, 0.2) is 0 Å². The first-order chi connectivity index (χ1) is 9.08. The van der Waals surface area contributed by atoms with Crippen molar-refractivity contribution in [2.45, 2.75) is 47.3 Å². The average molecular weight is 266 g/mol. The Morgan fingerprint density at radius 2 is 2.05 bits per heavy atom. The molecule has 1 heterocycles. The summed E-state index contributed by atoms with van der Waals surface area (Å²) >= 11 is 0. The van der Waals surface area contributed by atoms with Crippen molar-refractivity contribution in [3.05, 3.63) is 22.9 Å². The zero-order chi connectivity index (χ0) is 14.3. The van der Waals surface area contributed by atoms with Gasteiger partial charge in [-0.15, -0.1) is 0 Å². The molecule has 1 atom stereocenters. The molecule has 0 saturated heterocycles. The van der Waals surface area contributed by atoms with E-state index in [1.165, 1.54) is 5.56 Å². The number of rotatable bonds is 8. The fourth-order valence-corrected chi connectivity index (χ4v) is 1.90. The highest BCUT2D eigenvalue weighted by molar-refractivity contribution is 5.36. The predicted molar refractivity (Wildman–Crippen MR) is 77.7 cm³/mol. The third-order valence-corrected chi connectivity index (χ3v) is 2.86. The van der Waals surface area contributed by atoms with Crippen LogP contribution in [0.4, 0.5) is 0 Å². The van der Waals surface area contributed by atoms with E-state index in [0.29, 0.717) is 13.2 Å². The van der Waals surface area contributed by atoms with E-state index >= 15 is 0 Å². The van der Waals surface area contributed by atoms with Gasteiger partial charge in [-0.05, 0) is 45.9 Å². The minimum absolute atomic E-state index is 0.00836. The molecule has 0 aliphatic carbocycles. The second-order valence-electron chi connectivity index (χ2n) is 4.73. The Kier molecular flexibility index (Phi) is 6.81. The van der Waals surface area contributed by atoms with E-state index < -0.39 is 0 Å². The number of aromatic nitrogens is 1. The van der Waals surface area contributed by atoms with Gasteiger partial charge in [0.2, 0.25) is 5.88 Å². The van der Waals surface area contributed by atoms with Gasteiger partial charge in [0, 0.05) is 24.4 Å². The van der Waals surface area contributed by atoms with Crippen LogP contribution in [0.2, 0.25) is 0 Å². The first kappa shape index (κ1) is 15.9. The molecule has 0 aliphatic heterocycles. The van der Waals surface area contributed by atoms with Crippen LogP contribution < -0.4 is 10.1 Å². The Labute approximate surface area is 116 Å². The molecular weight excluding hydrogens is 240 g/mol. The molecule has 108 valence electrons. The van der Waals surface area contributed by atoms with E-state index in [9.17, 15) is 0 Å². The summed E-state index contributed by atoms with van der Waals surface area (Å²) in [6, 6.07) is 2.09. The van der Waals surface area contributed by atoms with Crippen LogP contribution in [-0.2, 0) is 11.3 Å². The first-order valence-electron chi connectivity index (χ1n) is 7.00. The lowest BCUT2D eigenvalue weighted by Gasteiger charge is -2.18. The first-order valence-corrected chi connectivity index (χ1v) is 7.00. The fraction of sp³-hybridized carbons (Fsp3) is 0.667. The lowest BCUT2D eigenvalue weighted by Crippen LogP contribution is -2.22. The van der Waals surface area contributed by atoms with E-state index in [-0.39, 0.29) is 6.10 Å². The van der Waals surface area contributed by atoms with Crippen LogP contribution in [0.3, 0.4) is 0 Å². The Bertz CT molecular complexity index is 394. The van der Waals surface area contributed by atoms with E-state index in [0.717, 1.165) is 30.2 Å². The summed E-state index contributed by atoms with van der Waals surface area (Å²) in [4.78, 5) is 4.52. The molecule has 0 radical (unpaired) electrons. The third kappa shape index (κ3) is 5.17. The Morgan fingerprint density at radius 1 is 1.32 bits per heavy atom. The number of hydrogen-bond acceptors (Lipinski definition) is 4. The summed E-state index contributed by atoms with van der Waals surface area (Å²) in [6.45, 7) is 13.2. The number of hydrogen-bond donors (Lipinski definition) is 1. The van der Waals surface area contributed by atoms with Crippen molar-refractivity contribution in [3.8, 4) is 5.88 Å². The van der Waals surface area contributed by atoms with Crippen LogP contribution >= 0.6 is 0 Å². The van der Waals surface area contributed by atoms with Crippen molar-refractivity contribution < 1.29 is 9.47 Å². The molecule has 0 aromatic carbocycles. The summed E-state index contributed by atoms with van der Waals surface area (Å²) < 4.78 is 11.3. The summed E-state index contributed by atoms with van der Waals surface area (Å²) in [6.07, 6.45) is 0.00836. The van der Waals surface area contributed by atoms with E-state index in [1.54, 1.807) is 0 Å². The molecule has 0 aliphatic rings. The van der Waals surface area contributed by atoms with Crippen LogP contribution in [0.15, 0.2) is 6.07 Å². The average Bonchev–Trinajstić information content (AvgIpc) is 2.35. The smallest absolute Gasteiger partial charge is 0.218 e. The molecule has 19 heavy (non-hydrogen) atoms. The molecule has 1 N–H and O–H groups in total. The van der Waals surface area contributed by atoms with Gasteiger partial charge in [-0.3, -0.25) is 0 Å². The number of ether oxygens (including phenoxy) is 2.